The number of nitrogens with one attached hydrogen (secondary N) is 2. The van der Waals surface area contributed by atoms with Crippen molar-refractivity contribution in [3.05, 3.63) is 88.0 Å². The Balaban J connectivity index is 1.53. The van der Waals surface area contributed by atoms with Gasteiger partial charge in [0.05, 0.1) is 23.4 Å². The van der Waals surface area contributed by atoms with E-state index >= 15 is 0 Å². The molecule has 0 aliphatic carbocycles. The standard InChI is InChI=1S/C28H23Cl2F3N4O4/c1-16-25(26(17-8-3-4-11-21(17)35-16)40-15-18-19(29)9-7-10-20(18)30)37(2)24(38)14-34-27(39)36-22-12-5-6-13-23(22)41-28(31,32)33/h3-13H,14-15H2,1-2H3,(H2,34,36,39). The maximum absolute atomic E-state index is 13.2. The topological polar surface area (TPSA) is 92.8 Å². The van der Waals surface area contributed by atoms with Gasteiger partial charge in [0, 0.05) is 28.0 Å². The third kappa shape index (κ3) is 7.30. The van der Waals surface area contributed by atoms with E-state index in [1.54, 1.807) is 43.3 Å². The second-order valence-corrected chi connectivity index (χ2v) is 9.50. The number of anilines is 2. The minimum atomic E-state index is -4.95. The van der Waals surface area contributed by atoms with Crippen LogP contribution in [0.3, 0.4) is 0 Å². The fourth-order valence-electron chi connectivity index (χ4n) is 3.99. The number of rotatable bonds is 8. The quantitative estimate of drug-likeness (QED) is 0.223. The molecule has 3 amide bonds. The molecule has 0 radical (unpaired) electrons. The molecule has 4 aromatic rings. The molecule has 4 rings (SSSR count). The monoisotopic (exact) mass is 606 g/mol. The molecule has 0 saturated carbocycles. The summed E-state index contributed by atoms with van der Waals surface area (Å²) in [6.45, 7) is 1.21. The Morgan fingerprint density at radius 3 is 2.34 bits per heavy atom. The minimum absolute atomic E-state index is 0.00104. The fraction of sp³-hybridized carbons (Fsp3) is 0.179. The summed E-state index contributed by atoms with van der Waals surface area (Å²) in [4.78, 5) is 31.5. The predicted molar refractivity (Wildman–Crippen MR) is 151 cm³/mol. The molecule has 3 aromatic carbocycles. The van der Waals surface area contributed by atoms with Crippen LogP contribution >= 0.6 is 23.2 Å². The number of pyridine rings is 1. The summed E-state index contributed by atoms with van der Waals surface area (Å²) in [5.41, 5.74) is 1.78. The summed E-state index contributed by atoms with van der Waals surface area (Å²) in [6, 6.07) is 16.4. The molecule has 41 heavy (non-hydrogen) atoms. The Morgan fingerprint density at radius 1 is 0.976 bits per heavy atom. The highest BCUT2D eigenvalue weighted by Gasteiger charge is 2.32. The van der Waals surface area contributed by atoms with E-state index in [1.807, 2.05) is 6.07 Å². The first kappa shape index (κ1) is 29.8. The zero-order valence-corrected chi connectivity index (χ0v) is 23.2. The number of aryl methyl sites for hydroxylation is 1. The summed E-state index contributed by atoms with van der Waals surface area (Å²) in [5.74, 6) is -0.805. The number of amides is 3. The molecule has 1 aromatic heterocycles. The molecular formula is C28H23Cl2F3N4O4. The van der Waals surface area contributed by atoms with Crippen molar-refractivity contribution in [1.29, 1.82) is 0 Å². The molecule has 0 bridgehead atoms. The van der Waals surface area contributed by atoms with Crippen molar-refractivity contribution < 1.29 is 32.2 Å². The van der Waals surface area contributed by atoms with Gasteiger partial charge in [0.15, 0.2) is 11.5 Å². The van der Waals surface area contributed by atoms with E-state index in [0.29, 0.717) is 43.6 Å². The van der Waals surface area contributed by atoms with Gasteiger partial charge < -0.3 is 25.0 Å². The highest BCUT2D eigenvalue weighted by atomic mass is 35.5. The number of carbonyl (C=O) groups is 2. The van der Waals surface area contributed by atoms with E-state index in [9.17, 15) is 22.8 Å². The van der Waals surface area contributed by atoms with Crippen LogP contribution in [-0.2, 0) is 11.4 Å². The number of halogens is 5. The van der Waals surface area contributed by atoms with Crippen molar-refractivity contribution in [3.8, 4) is 11.5 Å². The van der Waals surface area contributed by atoms with Crippen LogP contribution in [0, 0.1) is 6.92 Å². The number of para-hydroxylation sites is 3. The molecule has 0 aliphatic heterocycles. The van der Waals surface area contributed by atoms with Crippen LogP contribution in [0.1, 0.15) is 11.3 Å². The molecule has 0 aliphatic rings. The number of fused-ring (bicyclic) bond motifs is 1. The average Bonchev–Trinajstić information content (AvgIpc) is 2.91. The van der Waals surface area contributed by atoms with Crippen LogP contribution in [0.2, 0.25) is 10.0 Å². The largest absolute Gasteiger partial charge is 0.573 e. The average molecular weight is 607 g/mol. The van der Waals surface area contributed by atoms with Gasteiger partial charge in [-0.3, -0.25) is 9.78 Å². The van der Waals surface area contributed by atoms with E-state index in [-0.39, 0.29) is 12.3 Å². The van der Waals surface area contributed by atoms with Crippen molar-refractivity contribution >= 4 is 57.4 Å². The predicted octanol–water partition coefficient (Wildman–Crippen LogP) is 7.11. The maximum Gasteiger partial charge on any atom is 0.573 e. The van der Waals surface area contributed by atoms with E-state index in [2.05, 4.69) is 20.4 Å². The van der Waals surface area contributed by atoms with Gasteiger partial charge in [-0.05, 0) is 43.3 Å². The highest BCUT2D eigenvalue weighted by Crippen LogP contribution is 2.39. The van der Waals surface area contributed by atoms with Crippen LogP contribution in [0.15, 0.2) is 66.7 Å². The second-order valence-electron chi connectivity index (χ2n) is 8.69. The molecule has 0 fully saturated rings. The number of nitrogens with zero attached hydrogens (tertiary/aromatic N) is 2. The van der Waals surface area contributed by atoms with Gasteiger partial charge in [0.2, 0.25) is 5.91 Å². The summed E-state index contributed by atoms with van der Waals surface area (Å²) < 4.78 is 48.2. The van der Waals surface area contributed by atoms with Crippen LogP contribution in [-0.4, -0.2) is 36.9 Å². The summed E-state index contributed by atoms with van der Waals surface area (Å²) in [5, 5.41) is 6.06. The SMILES string of the molecule is Cc1nc2ccccc2c(OCc2c(Cl)cccc2Cl)c1N(C)C(=O)CNC(=O)Nc1ccccc1OC(F)(F)F. The minimum Gasteiger partial charge on any atom is -0.486 e. The molecule has 8 nitrogen and oxygen atoms in total. The molecule has 0 unspecified atom stereocenters. The molecule has 0 atom stereocenters. The van der Waals surface area contributed by atoms with Gasteiger partial charge in [-0.1, -0.05) is 53.5 Å². The van der Waals surface area contributed by atoms with Crippen molar-refractivity contribution in [2.75, 3.05) is 23.8 Å². The smallest absolute Gasteiger partial charge is 0.486 e. The maximum atomic E-state index is 13.2. The van der Waals surface area contributed by atoms with Gasteiger partial charge in [-0.15, -0.1) is 13.2 Å². The summed E-state index contributed by atoms with van der Waals surface area (Å²) >= 11 is 12.6. The lowest BCUT2D eigenvalue weighted by Gasteiger charge is -2.24. The van der Waals surface area contributed by atoms with Gasteiger partial charge in [0.1, 0.15) is 12.3 Å². The molecule has 1 heterocycles. The number of carbonyl (C=O) groups excluding carboxylic acids is 2. The van der Waals surface area contributed by atoms with E-state index < -0.39 is 30.6 Å². The summed E-state index contributed by atoms with van der Waals surface area (Å²) in [6.07, 6.45) is -4.95. The molecule has 214 valence electrons. The number of ether oxygens (including phenoxy) is 2. The zero-order chi connectivity index (χ0) is 29.7. The Labute approximate surface area is 243 Å². The highest BCUT2D eigenvalue weighted by molar-refractivity contribution is 6.36. The number of hydrogen-bond acceptors (Lipinski definition) is 5. The Bertz CT molecular complexity index is 1580. The van der Waals surface area contributed by atoms with Gasteiger partial charge in [-0.2, -0.15) is 0 Å². The number of aromatic nitrogens is 1. The first-order valence-corrected chi connectivity index (χ1v) is 12.8. The third-order valence-corrected chi connectivity index (χ3v) is 6.60. The third-order valence-electron chi connectivity index (χ3n) is 5.89. The Hall–Kier alpha value is -4.22. The van der Waals surface area contributed by atoms with Crippen LogP contribution in [0.5, 0.6) is 11.5 Å². The molecule has 0 spiro atoms. The summed E-state index contributed by atoms with van der Waals surface area (Å²) in [7, 11) is 1.49. The normalized spacial score (nSPS) is 11.2. The number of alkyl halides is 3. The second kappa shape index (κ2) is 12.5. The number of urea groups is 1. The fourth-order valence-corrected chi connectivity index (χ4v) is 4.50. The number of hydrogen-bond donors (Lipinski definition) is 2. The number of likely N-dealkylation sites (N-methyl/N-ethyl adjacent to an activating group) is 1. The first-order valence-electron chi connectivity index (χ1n) is 12.1. The van der Waals surface area contributed by atoms with Crippen LogP contribution in [0.25, 0.3) is 10.9 Å². The van der Waals surface area contributed by atoms with Crippen LogP contribution in [0.4, 0.5) is 29.3 Å². The molecular weight excluding hydrogens is 584 g/mol. The zero-order valence-electron chi connectivity index (χ0n) is 21.7. The van der Waals surface area contributed by atoms with Gasteiger partial charge in [0.25, 0.3) is 0 Å². The van der Waals surface area contributed by atoms with Gasteiger partial charge >= 0.3 is 12.4 Å². The lowest BCUT2D eigenvalue weighted by molar-refractivity contribution is -0.274. The molecule has 2 N–H and O–H groups in total. The van der Waals surface area contributed by atoms with Crippen molar-refractivity contribution in [2.24, 2.45) is 0 Å². The number of benzene rings is 3. The van der Waals surface area contributed by atoms with Gasteiger partial charge in [-0.25, -0.2) is 4.79 Å². The Kier molecular flexibility index (Phi) is 9.09. The van der Waals surface area contributed by atoms with Crippen LogP contribution < -0.4 is 25.0 Å². The lowest BCUT2D eigenvalue weighted by atomic mass is 10.1. The van der Waals surface area contributed by atoms with Crippen molar-refractivity contribution in [2.45, 2.75) is 19.9 Å². The van der Waals surface area contributed by atoms with Crippen molar-refractivity contribution in [1.82, 2.24) is 10.3 Å². The van der Waals surface area contributed by atoms with E-state index in [4.69, 9.17) is 27.9 Å². The van der Waals surface area contributed by atoms with E-state index in [1.165, 1.54) is 30.1 Å². The Morgan fingerprint density at radius 2 is 1.63 bits per heavy atom. The van der Waals surface area contributed by atoms with Crippen molar-refractivity contribution in [3.63, 3.8) is 0 Å². The molecule has 0 saturated heterocycles. The first-order chi connectivity index (χ1) is 19.4. The van der Waals surface area contributed by atoms with E-state index in [0.717, 1.165) is 6.07 Å². The molecule has 13 heteroatoms. The lowest BCUT2D eigenvalue weighted by Crippen LogP contribution is -2.40.